The van der Waals surface area contributed by atoms with Gasteiger partial charge in [0.15, 0.2) is 0 Å². The molecule has 6 N–H and O–H groups in total. The number of amides is 3. The number of carbonyl (C=O) groups excluding carboxylic acids is 3. The number of carbonyl (C=O) groups is 5. The van der Waals surface area contributed by atoms with E-state index in [1.54, 1.807) is 0 Å². The van der Waals surface area contributed by atoms with E-state index in [9.17, 15) is 24.0 Å². The van der Waals surface area contributed by atoms with Gasteiger partial charge in [0.2, 0.25) is 17.7 Å². The van der Waals surface area contributed by atoms with Crippen LogP contribution < -0.4 is 16.4 Å². The van der Waals surface area contributed by atoms with Gasteiger partial charge < -0.3 is 31.5 Å². The lowest BCUT2D eigenvalue weighted by Gasteiger charge is -2.29. The van der Waals surface area contributed by atoms with Crippen molar-refractivity contribution in [2.45, 2.75) is 63.7 Å². The third-order valence-corrected chi connectivity index (χ3v) is 4.24. The highest BCUT2D eigenvalue weighted by Gasteiger charge is 2.38. The standard InChI is InChI=1S/C16H26N4O7/c1-8(17)13(23)19-10(5-6-12(21)22)15(25)20-7-3-4-11(20)14(24)18-9(2)16(26)27/h8-11H,3-7,17H2,1-2H3,(H,18,24)(H,19,23)(H,21,22)(H,26,27). The Balaban J connectivity index is 2.90. The van der Waals surface area contributed by atoms with E-state index in [4.69, 9.17) is 15.9 Å². The molecule has 4 unspecified atom stereocenters. The summed E-state index contributed by atoms with van der Waals surface area (Å²) in [6, 6.07) is -4.02. The first-order valence-corrected chi connectivity index (χ1v) is 8.66. The minimum Gasteiger partial charge on any atom is -0.481 e. The molecule has 1 saturated heterocycles. The van der Waals surface area contributed by atoms with Crippen LogP contribution >= 0.6 is 0 Å². The second kappa shape index (κ2) is 9.86. The molecule has 0 bridgehead atoms. The Labute approximate surface area is 156 Å². The Morgan fingerprint density at radius 3 is 2.30 bits per heavy atom. The molecule has 27 heavy (non-hydrogen) atoms. The molecule has 11 heteroatoms. The fourth-order valence-corrected chi connectivity index (χ4v) is 2.70. The highest BCUT2D eigenvalue weighted by atomic mass is 16.4. The van der Waals surface area contributed by atoms with Crippen LogP contribution in [0.2, 0.25) is 0 Å². The second-order valence-electron chi connectivity index (χ2n) is 6.54. The third-order valence-electron chi connectivity index (χ3n) is 4.24. The van der Waals surface area contributed by atoms with E-state index >= 15 is 0 Å². The first-order valence-electron chi connectivity index (χ1n) is 8.66. The Morgan fingerprint density at radius 1 is 1.15 bits per heavy atom. The molecule has 0 aromatic rings. The van der Waals surface area contributed by atoms with E-state index in [1.807, 2.05) is 0 Å². The van der Waals surface area contributed by atoms with Crippen molar-refractivity contribution in [2.24, 2.45) is 5.73 Å². The smallest absolute Gasteiger partial charge is 0.325 e. The molecule has 0 radical (unpaired) electrons. The topological polar surface area (TPSA) is 179 Å². The van der Waals surface area contributed by atoms with E-state index in [1.165, 1.54) is 18.7 Å². The van der Waals surface area contributed by atoms with Gasteiger partial charge in [0, 0.05) is 13.0 Å². The number of rotatable bonds is 9. The van der Waals surface area contributed by atoms with E-state index in [2.05, 4.69) is 10.6 Å². The Hall–Kier alpha value is -2.69. The molecule has 0 saturated carbocycles. The highest BCUT2D eigenvalue weighted by Crippen LogP contribution is 2.20. The summed E-state index contributed by atoms with van der Waals surface area (Å²) >= 11 is 0. The number of hydrogen-bond acceptors (Lipinski definition) is 6. The van der Waals surface area contributed by atoms with Gasteiger partial charge in [-0.05, 0) is 33.1 Å². The maximum atomic E-state index is 12.8. The van der Waals surface area contributed by atoms with Gasteiger partial charge in [0.25, 0.3) is 0 Å². The van der Waals surface area contributed by atoms with Crippen LogP contribution in [0.25, 0.3) is 0 Å². The zero-order valence-electron chi connectivity index (χ0n) is 15.3. The Morgan fingerprint density at radius 2 is 1.78 bits per heavy atom. The fraction of sp³-hybridized carbons (Fsp3) is 0.688. The predicted octanol–water partition coefficient (Wildman–Crippen LogP) is -1.74. The molecular formula is C16H26N4O7. The van der Waals surface area contributed by atoms with E-state index < -0.39 is 53.8 Å². The van der Waals surface area contributed by atoms with Crippen LogP contribution in [0, 0.1) is 0 Å². The summed E-state index contributed by atoms with van der Waals surface area (Å²) < 4.78 is 0. The van der Waals surface area contributed by atoms with Gasteiger partial charge in [-0.15, -0.1) is 0 Å². The van der Waals surface area contributed by atoms with Gasteiger partial charge in [0.05, 0.1) is 6.04 Å². The summed E-state index contributed by atoms with van der Waals surface area (Å²) in [6.07, 6.45) is 0.369. The van der Waals surface area contributed by atoms with Crippen molar-refractivity contribution >= 4 is 29.7 Å². The minimum absolute atomic E-state index is 0.150. The Kier molecular flexibility index (Phi) is 8.16. The number of carboxylic acids is 2. The fourth-order valence-electron chi connectivity index (χ4n) is 2.70. The lowest BCUT2D eigenvalue weighted by atomic mass is 10.1. The SMILES string of the molecule is CC(N)C(=O)NC(CCC(=O)O)C(=O)N1CCCC1C(=O)NC(C)C(=O)O. The van der Waals surface area contributed by atoms with E-state index in [-0.39, 0.29) is 19.4 Å². The molecule has 4 atom stereocenters. The molecule has 1 heterocycles. The van der Waals surface area contributed by atoms with Gasteiger partial charge >= 0.3 is 11.9 Å². The minimum atomic E-state index is -1.21. The first-order chi connectivity index (χ1) is 12.5. The van der Waals surface area contributed by atoms with Crippen LogP contribution in [0.5, 0.6) is 0 Å². The molecule has 1 fully saturated rings. The molecule has 0 aromatic carbocycles. The zero-order chi connectivity index (χ0) is 20.7. The number of aliphatic carboxylic acids is 2. The normalized spacial score (nSPS) is 19.7. The van der Waals surface area contributed by atoms with Crippen molar-refractivity contribution in [3.8, 4) is 0 Å². The highest BCUT2D eigenvalue weighted by molar-refractivity contribution is 5.94. The number of nitrogens with two attached hydrogens (primary N) is 1. The van der Waals surface area contributed by atoms with Crippen LogP contribution in [0.3, 0.4) is 0 Å². The van der Waals surface area contributed by atoms with Crippen molar-refractivity contribution < 1.29 is 34.2 Å². The average Bonchev–Trinajstić information content (AvgIpc) is 3.06. The third kappa shape index (κ3) is 6.51. The molecule has 1 rings (SSSR count). The van der Waals surface area contributed by atoms with Crippen LogP contribution in [-0.4, -0.2) is 75.5 Å². The number of hydrogen-bond donors (Lipinski definition) is 5. The molecule has 1 aliphatic rings. The summed E-state index contributed by atoms with van der Waals surface area (Å²) in [4.78, 5) is 60.0. The van der Waals surface area contributed by atoms with Crippen molar-refractivity contribution in [2.75, 3.05) is 6.54 Å². The van der Waals surface area contributed by atoms with Gasteiger partial charge in [0.1, 0.15) is 18.1 Å². The quantitative estimate of drug-likeness (QED) is 0.310. The molecule has 1 aliphatic heterocycles. The van der Waals surface area contributed by atoms with Crippen LogP contribution in [0.1, 0.15) is 39.5 Å². The number of nitrogens with one attached hydrogen (secondary N) is 2. The summed E-state index contributed by atoms with van der Waals surface area (Å²) in [7, 11) is 0. The van der Waals surface area contributed by atoms with Crippen LogP contribution in [0.4, 0.5) is 0 Å². The van der Waals surface area contributed by atoms with Crippen molar-refractivity contribution in [1.82, 2.24) is 15.5 Å². The largest absolute Gasteiger partial charge is 0.481 e. The molecule has 11 nitrogen and oxygen atoms in total. The van der Waals surface area contributed by atoms with Gasteiger partial charge in [-0.1, -0.05) is 0 Å². The summed E-state index contributed by atoms with van der Waals surface area (Å²) in [6.45, 7) is 2.98. The van der Waals surface area contributed by atoms with Gasteiger partial charge in [-0.25, -0.2) is 0 Å². The lowest BCUT2D eigenvalue weighted by molar-refractivity contribution is -0.144. The average molecular weight is 386 g/mol. The summed E-state index contributed by atoms with van der Waals surface area (Å²) in [5, 5.41) is 22.5. The monoisotopic (exact) mass is 386 g/mol. The van der Waals surface area contributed by atoms with Crippen molar-refractivity contribution in [3.05, 3.63) is 0 Å². The molecule has 0 aromatic heterocycles. The molecule has 0 aliphatic carbocycles. The van der Waals surface area contributed by atoms with Crippen molar-refractivity contribution in [1.29, 1.82) is 0 Å². The van der Waals surface area contributed by atoms with Crippen molar-refractivity contribution in [3.63, 3.8) is 0 Å². The first kappa shape index (κ1) is 22.4. The lowest BCUT2D eigenvalue weighted by Crippen LogP contribution is -2.56. The zero-order valence-corrected chi connectivity index (χ0v) is 15.3. The maximum absolute atomic E-state index is 12.8. The number of carboxylic acid groups (broad SMARTS) is 2. The summed E-state index contributed by atoms with van der Waals surface area (Å²) in [5.74, 6) is -4.15. The Bertz CT molecular complexity index is 608. The van der Waals surface area contributed by atoms with Gasteiger partial charge in [-0.2, -0.15) is 0 Å². The van der Waals surface area contributed by atoms with Crippen LogP contribution in [-0.2, 0) is 24.0 Å². The van der Waals surface area contributed by atoms with Gasteiger partial charge in [-0.3, -0.25) is 24.0 Å². The predicted molar refractivity (Wildman–Crippen MR) is 92.4 cm³/mol. The maximum Gasteiger partial charge on any atom is 0.325 e. The van der Waals surface area contributed by atoms with E-state index in [0.29, 0.717) is 12.8 Å². The molecular weight excluding hydrogens is 360 g/mol. The van der Waals surface area contributed by atoms with Crippen LogP contribution in [0.15, 0.2) is 0 Å². The molecule has 3 amide bonds. The number of nitrogens with zero attached hydrogens (tertiary/aromatic N) is 1. The number of likely N-dealkylation sites (tertiary alicyclic amines) is 1. The molecule has 0 spiro atoms. The molecule has 152 valence electrons. The van der Waals surface area contributed by atoms with E-state index in [0.717, 1.165) is 0 Å². The second-order valence-corrected chi connectivity index (χ2v) is 6.54. The summed E-state index contributed by atoms with van der Waals surface area (Å²) in [5.41, 5.74) is 5.48.